The molecule has 106 valence electrons. The summed E-state index contributed by atoms with van der Waals surface area (Å²) >= 11 is 0. The van der Waals surface area contributed by atoms with E-state index >= 15 is 0 Å². The van der Waals surface area contributed by atoms with Gasteiger partial charge in [0.2, 0.25) is 0 Å². The molecule has 0 bridgehead atoms. The summed E-state index contributed by atoms with van der Waals surface area (Å²) in [6.45, 7) is 2.34. The Morgan fingerprint density at radius 2 is 1.16 bits per heavy atom. The summed E-state index contributed by atoms with van der Waals surface area (Å²) in [5.74, 6) is 0. The fourth-order valence-corrected chi connectivity index (χ4v) is 1.58. The lowest BCUT2D eigenvalue weighted by Crippen LogP contribution is -1.82. The molecule has 0 aromatic carbocycles. The minimum Gasteiger partial charge on any atom is -0.396 e. The average molecular weight is 260 g/mol. The summed E-state index contributed by atoms with van der Waals surface area (Å²) < 4.78 is 0. The third kappa shape index (κ3) is 16.7. The van der Waals surface area contributed by atoms with Crippen molar-refractivity contribution < 1.29 is 5.11 Å². The summed E-state index contributed by atoms with van der Waals surface area (Å²) in [5.41, 5.74) is 0. The van der Waals surface area contributed by atoms with Crippen LogP contribution in [0.5, 0.6) is 0 Å². The van der Waals surface area contributed by atoms with Crippen LogP contribution in [0.25, 0.3) is 0 Å². The van der Waals surface area contributed by atoms with Gasteiger partial charge >= 0.3 is 0 Å². The van der Waals surface area contributed by atoms with E-state index in [9.17, 15) is 0 Å². The van der Waals surface area contributed by atoms with Gasteiger partial charge in [-0.25, -0.2) is 0 Å². The van der Waals surface area contributed by atoms with Crippen molar-refractivity contribution in [1.29, 1.82) is 0 Å². The van der Waals surface area contributed by atoms with Crippen molar-refractivity contribution in [2.24, 2.45) is 0 Å². The van der Waals surface area contributed by atoms with Crippen LogP contribution in [0.2, 0.25) is 0 Å². The number of aliphatic hydroxyl groups is 1. The Kier molecular flexibility index (Phi) is 15.5. The number of allylic oxidation sites excluding steroid dienone is 10. The van der Waals surface area contributed by atoms with Crippen LogP contribution in [0.3, 0.4) is 0 Å². The quantitative estimate of drug-likeness (QED) is 0.404. The second kappa shape index (κ2) is 16.7. The van der Waals surface area contributed by atoms with Crippen LogP contribution < -0.4 is 0 Å². The van der Waals surface area contributed by atoms with E-state index < -0.39 is 0 Å². The van der Waals surface area contributed by atoms with Crippen LogP contribution in [0.15, 0.2) is 60.8 Å². The molecule has 0 aromatic heterocycles. The van der Waals surface area contributed by atoms with Crippen LogP contribution in [0.1, 0.15) is 45.4 Å². The molecule has 1 N–H and O–H groups in total. The number of hydrogen-bond donors (Lipinski definition) is 1. The summed E-state index contributed by atoms with van der Waals surface area (Å²) in [6.07, 6.45) is 27.5. The lowest BCUT2D eigenvalue weighted by atomic mass is 10.1. The fourth-order valence-electron chi connectivity index (χ4n) is 1.58. The topological polar surface area (TPSA) is 20.2 Å². The third-order valence-corrected chi connectivity index (χ3v) is 2.64. The molecule has 0 spiro atoms. The van der Waals surface area contributed by atoms with E-state index in [4.69, 9.17) is 5.11 Å². The molecule has 0 aliphatic rings. The maximum Gasteiger partial charge on any atom is 0.0431 e. The van der Waals surface area contributed by atoms with Crippen molar-refractivity contribution in [3.63, 3.8) is 0 Å². The smallest absolute Gasteiger partial charge is 0.0431 e. The van der Waals surface area contributed by atoms with E-state index in [0.29, 0.717) is 6.61 Å². The number of aliphatic hydroxyl groups excluding tert-OH is 1. The monoisotopic (exact) mass is 260 g/mol. The van der Waals surface area contributed by atoms with Crippen LogP contribution in [-0.2, 0) is 0 Å². The number of unbranched alkanes of at least 4 members (excludes halogenated alkanes) is 5. The third-order valence-electron chi connectivity index (χ3n) is 2.64. The molecular formula is C18H28O. The average Bonchev–Trinajstić information content (AvgIpc) is 2.43. The van der Waals surface area contributed by atoms with Gasteiger partial charge < -0.3 is 5.11 Å². The largest absolute Gasteiger partial charge is 0.396 e. The Morgan fingerprint density at radius 1 is 0.632 bits per heavy atom. The molecule has 0 unspecified atom stereocenters. The van der Waals surface area contributed by atoms with Crippen molar-refractivity contribution in [2.75, 3.05) is 6.61 Å². The molecule has 0 rings (SSSR count). The van der Waals surface area contributed by atoms with Gasteiger partial charge in [-0.15, -0.1) is 0 Å². The van der Waals surface area contributed by atoms with Crippen LogP contribution in [0.4, 0.5) is 0 Å². The Morgan fingerprint density at radius 3 is 1.79 bits per heavy atom. The lowest BCUT2D eigenvalue weighted by molar-refractivity contribution is 0.282. The van der Waals surface area contributed by atoms with Gasteiger partial charge in [0.05, 0.1) is 0 Å². The van der Waals surface area contributed by atoms with Gasteiger partial charge in [0.15, 0.2) is 0 Å². The number of rotatable bonds is 11. The minimum atomic E-state index is 0.335. The molecule has 0 saturated carbocycles. The maximum absolute atomic E-state index is 8.64. The highest BCUT2D eigenvalue weighted by atomic mass is 16.2. The van der Waals surface area contributed by atoms with Gasteiger partial charge in [0.25, 0.3) is 0 Å². The zero-order valence-corrected chi connectivity index (χ0v) is 12.2. The lowest BCUT2D eigenvalue weighted by Gasteiger charge is -1.96. The molecule has 1 nitrogen and oxygen atoms in total. The van der Waals surface area contributed by atoms with E-state index in [1.165, 1.54) is 19.3 Å². The molecule has 0 atom stereocenters. The van der Waals surface area contributed by atoms with E-state index in [1.807, 2.05) is 49.5 Å². The van der Waals surface area contributed by atoms with E-state index in [0.717, 1.165) is 19.3 Å². The first-order chi connectivity index (χ1) is 9.41. The van der Waals surface area contributed by atoms with Gasteiger partial charge in [-0.1, -0.05) is 80.0 Å². The van der Waals surface area contributed by atoms with Crippen molar-refractivity contribution in [3.8, 4) is 0 Å². The summed E-state index contributed by atoms with van der Waals surface area (Å²) in [6, 6.07) is 0. The van der Waals surface area contributed by atoms with Crippen molar-refractivity contribution in [1.82, 2.24) is 0 Å². The maximum atomic E-state index is 8.64. The first-order valence-electron chi connectivity index (χ1n) is 7.30. The first kappa shape index (κ1) is 17.7. The minimum absolute atomic E-state index is 0.335. The summed E-state index contributed by atoms with van der Waals surface area (Å²) in [5, 5.41) is 8.64. The Bertz CT molecular complexity index is 306. The first-order valence-corrected chi connectivity index (χ1v) is 7.30. The molecule has 0 aliphatic heterocycles. The van der Waals surface area contributed by atoms with Gasteiger partial charge in [0.1, 0.15) is 0 Å². The zero-order valence-electron chi connectivity index (χ0n) is 12.2. The normalized spacial score (nSPS) is 13.2. The molecule has 0 aliphatic carbocycles. The van der Waals surface area contributed by atoms with Crippen LogP contribution in [-0.4, -0.2) is 11.7 Å². The highest BCUT2D eigenvalue weighted by Crippen LogP contribution is 2.05. The van der Waals surface area contributed by atoms with Gasteiger partial charge in [-0.3, -0.25) is 0 Å². The summed E-state index contributed by atoms with van der Waals surface area (Å²) in [4.78, 5) is 0. The Labute approximate surface area is 118 Å². The van der Waals surface area contributed by atoms with E-state index in [-0.39, 0.29) is 0 Å². The SMILES string of the molecule is C/C=C/C=C/C=C/C=C/C=C/CCCCCCCO. The predicted octanol–water partition coefficient (Wildman–Crippen LogP) is 5.12. The van der Waals surface area contributed by atoms with Crippen molar-refractivity contribution in [3.05, 3.63) is 60.8 Å². The molecule has 0 radical (unpaired) electrons. The highest BCUT2D eigenvalue weighted by Gasteiger charge is 1.87. The van der Waals surface area contributed by atoms with E-state index in [2.05, 4.69) is 18.2 Å². The number of hydrogen-bond acceptors (Lipinski definition) is 1. The van der Waals surface area contributed by atoms with Crippen LogP contribution in [0, 0.1) is 0 Å². The molecule has 0 amide bonds. The molecule has 0 saturated heterocycles. The highest BCUT2D eigenvalue weighted by molar-refractivity contribution is 5.17. The molecule has 0 fully saturated rings. The van der Waals surface area contributed by atoms with Gasteiger partial charge in [-0.2, -0.15) is 0 Å². The second-order valence-corrected chi connectivity index (χ2v) is 4.39. The summed E-state index contributed by atoms with van der Waals surface area (Å²) in [7, 11) is 0. The van der Waals surface area contributed by atoms with Crippen molar-refractivity contribution >= 4 is 0 Å². The Hall–Kier alpha value is -1.34. The molecule has 0 aromatic rings. The molecule has 1 heteroatoms. The van der Waals surface area contributed by atoms with Gasteiger partial charge in [-0.05, 0) is 26.2 Å². The molecular weight excluding hydrogens is 232 g/mol. The molecule has 19 heavy (non-hydrogen) atoms. The zero-order chi connectivity index (χ0) is 14.0. The van der Waals surface area contributed by atoms with Crippen LogP contribution >= 0.6 is 0 Å². The second-order valence-electron chi connectivity index (χ2n) is 4.39. The fraction of sp³-hybridized carbons (Fsp3) is 0.444. The van der Waals surface area contributed by atoms with Gasteiger partial charge in [0, 0.05) is 6.61 Å². The molecule has 0 heterocycles. The van der Waals surface area contributed by atoms with E-state index in [1.54, 1.807) is 0 Å². The predicted molar refractivity (Wildman–Crippen MR) is 86.2 cm³/mol. The Balaban J connectivity index is 3.42. The standard InChI is InChI=1S/C18H28O/c1-2-3-4-5-6-7-8-9-10-11-12-13-14-15-16-17-18-19/h2-11,19H,12-18H2,1H3/b3-2+,5-4+,7-6+,9-8+,11-10+. The van der Waals surface area contributed by atoms with Crippen molar-refractivity contribution in [2.45, 2.75) is 45.4 Å².